The van der Waals surface area contributed by atoms with Crippen LogP contribution >= 0.6 is 91.4 Å². The number of ether oxygens (including phenoxy) is 5. The molecule has 0 fully saturated rings. The van der Waals surface area contributed by atoms with Crippen LogP contribution in [-0.4, -0.2) is 157 Å². The number of carbonyl (C=O) groups excluding carboxylic acids is 1. The zero-order valence-electron chi connectivity index (χ0n) is 82.8. The normalized spacial score (nSPS) is 11.5. The highest BCUT2D eigenvalue weighted by molar-refractivity contribution is 9.11. The molecule has 758 valence electrons. The predicted molar refractivity (Wildman–Crippen MR) is 572 cm³/mol. The summed E-state index contributed by atoms with van der Waals surface area (Å²) < 4.78 is 54.2. The molecule has 0 bridgehead atoms. The molecule has 143 heavy (non-hydrogen) atoms. The van der Waals surface area contributed by atoms with Crippen LogP contribution < -0.4 is 66.3 Å². The molecule has 0 atom stereocenters. The van der Waals surface area contributed by atoms with Crippen molar-refractivity contribution in [2.45, 2.75) is 136 Å². The third kappa shape index (κ3) is 25.8. The number of aryl methyl sites for hydroxylation is 7. The van der Waals surface area contributed by atoms with E-state index < -0.39 is 22.9 Å². The summed E-state index contributed by atoms with van der Waals surface area (Å²) in [7, 11) is 15.5. The molecule has 37 nitrogen and oxygen atoms in total. The molecule has 0 spiro atoms. The van der Waals surface area contributed by atoms with Crippen molar-refractivity contribution in [3.63, 3.8) is 0 Å². The molecular weight excluding hydrogens is 2180 g/mol. The highest BCUT2D eigenvalue weighted by Gasteiger charge is 2.30. The number of nitrogens with one attached hydrogen (secondary N) is 1. The van der Waals surface area contributed by atoms with E-state index >= 15 is 0 Å². The summed E-state index contributed by atoms with van der Waals surface area (Å²) in [6.07, 6.45) is 5.11. The van der Waals surface area contributed by atoms with Crippen molar-refractivity contribution < 1.29 is 28.5 Å². The summed E-state index contributed by atoms with van der Waals surface area (Å²) in [5.41, 5.74) is 5.38. The summed E-state index contributed by atoms with van der Waals surface area (Å²) >= 11 is 19.0. The Kier molecular flexibility index (Phi) is 38.0. The van der Waals surface area contributed by atoms with Crippen LogP contribution in [0.3, 0.4) is 0 Å². The number of imidazole rings is 5. The van der Waals surface area contributed by atoms with Gasteiger partial charge >= 0.3 is 40.4 Å². The monoisotopic (exact) mass is 2290 g/mol. The number of hydrogen-bond donors (Lipinski definition) is 1. The number of nitrogens with zero attached hydrogens (tertiary/aromatic N) is 20. The smallest absolute Gasteiger partial charge is 0.338 e. The predicted octanol–water partition coefficient (Wildman–Crippen LogP) is 12.9. The Morgan fingerprint density at radius 1 is 0.371 bits per heavy atom. The average molecular weight is 2300 g/mol. The van der Waals surface area contributed by atoms with E-state index in [2.05, 4.69) is 133 Å². The lowest BCUT2D eigenvalue weighted by Gasteiger charge is -2.23. The number of halogens is 5. The van der Waals surface area contributed by atoms with E-state index in [1.807, 2.05) is 153 Å². The molecule has 16 rings (SSSR count). The maximum atomic E-state index is 13.0. The lowest BCUT2D eigenvalue weighted by atomic mass is 10.2. The Morgan fingerprint density at radius 3 is 1.10 bits per heavy atom. The third-order valence-electron chi connectivity index (χ3n) is 23.4. The van der Waals surface area contributed by atoms with Crippen LogP contribution in [0.15, 0.2) is 221 Å². The minimum absolute atomic E-state index is 0.115. The van der Waals surface area contributed by atoms with Crippen molar-refractivity contribution in [2.24, 2.45) is 70.5 Å². The lowest BCUT2D eigenvalue weighted by molar-refractivity contribution is 0.0525. The van der Waals surface area contributed by atoms with E-state index in [0.717, 1.165) is 130 Å². The first-order valence-corrected chi connectivity index (χ1v) is 51.1. The zero-order valence-corrected chi connectivity index (χ0v) is 91.5. The Hall–Kier alpha value is -12.1. The van der Waals surface area contributed by atoms with Crippen molar-refractivity contribution in [1.29, 1.82) is 0 Å². The van der Waals surface area contributed by atoms with Crippen LogP contribution in [-0.2, 0) is 142 Å². The van der Waals surface area contributed by atoms with Gasteiger partial charge in [0.05, 0.1) is 31.9 Å². The Morgan fingerprint density at radius 2 is 0.713 bits per heavy atom. The second-order valence-electron chi connectivity index (χ2n) is 34.4. The van der Waals surface area contributed by atoms with Crippen LogP contribution in [0.25, 0.3) is 55.8 Å². The number of unbranched alkanes of at least 4 members (excludes halogenated alkanes) is 1. The van der Waals surface area contributed by atoms with Crippen molar-refractivity contribution in [3.05, 3.63) is 323 Å². The zero-order chi connectivity index (χ0) is 104. The maximum Gasteiger partial charge on any atom is 0.338 e. The minimum Gasteiger partial charge on any atom is -0.462 e. The largest absolute Gasteiger partial charge is 0.462 e. The number of hydrogen-bond acceptors (Lipinski definition) is 23. The Labute approximate surface area is 868 Å². The number of thioether (sulfide) groups is 1. The minimum atomic E-state index is -0.490. The molecule has 43 heteroatoms. The summed E-state index contributed by atoms with van der Waals surface area (Å²) in [6.45, 7) is 21.7. The van der Waals surface area contributed by atoms with Gasteiger partial charge in [0.25, 0.3) is 27.8 Å². The average Bonchev–Trinajstić information content (AvgIpc) is 1.61. The molecule has 0 saturated carbocycles. The van der Waals surface area contributed by atoms with E-state index in [9.17, 15) is 52.7 Å². The molecular formula is C100H116Br5N21O16S. The Bertz CT molecular complexity index is 7630. The topological polar surface area (TPSA) is 384 Å². The fraction of sp³-hybridized carbons (Fsp3) is 0.380. The van der Waals surface area contributed by atoms with Crippen molar-refractivity contribution in [3.8, 4) is 11.8 Å². The van der Waals surface area contributed by atoms with Crippen molar-refractivity contribution >= 4 is 153 Å². The Balaban J connectivity index is 0.000000160. The number of rotatable bonds is 34. The maximum absolute atomic E-state index is 13.0. The van der Waals surface area contributed by atoms with Gasteiger partial charge in [-0.3, -0.25) is 74.2 Å². The van der Waals surface area contributed by atoms with Gasteiger partial charge in [-0.05, 0) is 174 Å². The molecule has 0 radical (unpaired) electrons. The highest BCUT2D eigenvalue weighted by atomic mass is 79.9. The molecule has 10 heterocycles. The highest BCUT2D eigenvalue weighted by Crippen LogP contribution is 2.35. The van der Waals surface area contributed by atoms with Crippen LogP contribution in [0.1, 0.15) is 130 Å². The number of benzene rings is 6. The number of carbonyl (C=O) groups is 1. The quantitative estimate of drug-likeness (QED) is 0.0222. The molecule has 0 amide bonds. The fourth-order valence-electron chi connectivity index (χ4n) is 15.9. The van der Waals surface area contributed by atoms with Gasteiger partial charge in [0.15, 0.2) is 61.0 Å². The van der Waals surface area contributed by atoms with Gasteiger partial charge in [-0.1, -0.05) is 178 Å². The van der Waals surface area contributed by atoms with Gasteiger partial charge in [0.1, 0.15) is 29.8 Å². The second-order valence-corrected chi connectivity index (χ2v) is 40.6. The summed E-state index contributed by atoms with van der Waals surface area (Å²) in [5, 5.41) is 3.99. The van der Waals surface area contributed by atoms with Crippen LogP contribution in [0.5, 0.6) is 11.8 Å². The second kappa shape index (κ2) is 49.5. The summed E-state index contributed by atoms with van der Waals surface area (Å²) in [4.78, 5) is 161. The van der Waals surface area contributed by atoms with Crippen molar-refractivity contribution in [2.75, 3.05) is 52.7 Å². The van der Waals surface area contributed by atoms with Gasteiger partial charge < -0.3 is 47.3 Å². The van der Waals surface area contributed by atoms with E-state index in [0.29, 0.717) is 139 Å². The molecule has 0 aliphatic heterocycles. The standard InChI is InChI=1S/C23H21BrN4O5.C20H25BrN4O3S.C19H24BrN5O2.2C19H23BrN4O3/c1-4-32-21(30)15-8-6-10-17(12-15)33-22-25-19-18(20(29)27(3)23(31)26(19)2)28(22)13-14-7-5-9-16(24)11-14;1-6-28-12-20(2,3)29-18-22-16-15(17(26)24(5)19(27)23(16)4)25(18)11-13-8-7-9-14(21)10-13;1-4-21-10-6-9-15-22-17-16(18(26)24(3)19(27)23(17)2)25(15)12-13-7-5-8-14(20)11-13;1-4-27-10-6-9-15-21-17-16(18(25)23(3)19(26)22(17)2)24(15)12-13-7-5-8-14(20)11-13;1-4-5-9-27-12-15-21-17-16(18(25)23(3)19(26)22(17)2)24(15)11-13-7-6-8-14(20)10-13/h5-12H,4,13H2,1-3H3;7-10H,6,11-12H2,1-5H3;5,7-8,11,21H,4,6,9-10,12H2,1-3H3;5,7-8,11H,4,6,9-10,12H2,1-3H3;6-8,10H,4-5,9,11-12H2,1-3H3. The van der Waals surface area contributed by atoms with E-state index in [1.54, 1.807) is 76.7 Å². The van der Waals surface area contributed by atoms with Gasteiger partial charge in [-0.15, -0.1) is 0 Å². The molecule has 16 aromatic rings. The summed E-state index contributed by atoms with van der Waals surface area (Å²) in [5.74, 6) is 2.11. The van der Waals surface area contributed by atoms with E-state index in [1.165, 1.54) is 64.1 Å². The first kappa shape index (κ1) is 110. The first-order chi connectivity index (χ1) is 68.2. The van der Waals surface area contributed by atoms with Crippen LogP contribution in [0.4, 0.5) is 0 Å². The van der Waals surface area contributed by atoms with E-state index in [-0.39, 0.29) is 74.4 Å². The number of esters is 1. The van der Waals surface area contributed by atoms with Crippen LogP contribution in [0.2, 0.25) is 0 Å². The number of fused-ring (bicyclic) bond motifs is 5. The third-order valence-corrected chi connectivity index (χ3v) is 27.0. The van der Waals surface area contributed by atoms with E-state index in [4.69, 9.17) is 28.7 Å². The summed E-state index contributed by atoms with van der Waals surface area (Å²) in [6, 6.07) is 46.0. The van der Waals surface area contributed by atoms with Gasteiger partial charge in [0.2, 0.25) is 0 Å². The SMILES string of the molecule is CCCCOCc1nc2c(c(=O)n(C)c(=O)n2C)n1Cc1cccc(Br)c1.CCNCCCc1nc2c(c(=O)n(C)c(=O)n2C)n1Cc1cccc(Br)c1.CCOC(=O)c1cccc(Oc2nc3c(c(=O)n(C)c(=O)n3C)n2Cc2cccc(Br)c2)c1.CCOCC(C)(C)Sc1nc2c(c(=O)n(C)c(=O)n2C)n1Cc1cccc(Br)c1.CCOCCCc1nc2c(c(=O)n(C)c(=O)n2C)n1Cc1cccc(Br)c1. The van der Waals surface area contributed by atoms with Gasteiger partial charge in [-0.2, -0.15) is 4.98 Å². The van der Waals surface area contributed by atoms with Gasteiger partial charge in [0, 0.05) is 156 Å². The van der Waals surface area contributed by atoms with Gasteiger partial charge in [-0.25, -0.2) is 48.7 Å². The molecule has 0 unspecified atom stereocenters. The molecule has 0 aliphatic rings. The molecule has 0 aliphatic carbocycles. The fourth-order valence-corrected chi connectivity index (χ4v) is 19.2. The molecule has 0 saturated heterocycles. The number of aromatic nitrogens is 20. The van der Waals surface area contributed by atoms with Crippen molar-refractivity contribution in [1.82, 2.24) is 98.7 Å². The lowest BCUT2D eigenvalue weighted by Crippen LogP contribution is -2.37. The molecule has 10 aromatic heterocycles. The molecule has 6 aromatic carbocycles. The first-order valence-electron chi connectivity index (χ1n) is 46.3. The molecule has 1 N–H and O–H groups in total. The van der Waals surface area contributed by atoms with Crippen LogP contribution in [0, 0.1) is 0 Å².